The lowest BCUT2D eigenvalue weighted by Crippen LogP contribution is -2.35. The molecule has 2 amide bonds. The molecule has 1 aliphatic rings. The van der Waals surface area contributed by atoms with E-state index in [1.165, 1.54) is 19.1 Å². The molecule has 8 nitrogen and oxygen atoms in total. The highest BCUT2D eigenvalue weighted by atomic mass is 16.5. The first kappa shape index (κ1) is 21.2. The predicted molar refractivity (Wildman–Crippen MR) is 112 cm³/mol. The van der Waals surface area contributed by atoms with Crippen molar-refractivity contribution in [3.63, 3.8) is 0 Å². The van der Waals surface area contributed by atoms with Crippen LogP contribution in [0.15, 0.2) is 48.2 Å². The molecule has 0 aromatic heterocycles. The molecule has 1 aliphatic heterocycles. The highest BCUT2D eigenvalue weighted by Gasteiger charge is 2.39. The quantitative estimate of drug-likeness (QED) is 0.634. The Morgan fingerprint density at radius 1 is 0.833 bits per heavy atom. The monoisotopic (exact) mass is 412 g/mol. The summed E-state index contributed by atoms with van der Waals surface area (Å²) in [7, 11) is 6.16. The molecule has 0 saturated heterocycles. The van der Waals surface area contributed by atoms with E-state index in [1.807, 2.05) is 0 Å². The molecule has 3 rings (SSSR count). The number of amides is 2. The number of anilines is 1. The number of hydrogen-bond donors (Lipinski definition) is 1. The third-order valence-corrected chi connectivity index (χ3v) is 4.72. The van der Waals surface area contributed by atoms with Gasteiger partial charge >= 0.3 is 0 Å². The Kier molecular flexibility index (Phi) is 6.58. The topological polar surface area (TPSA) is 86.3 Å². The molecular weight excluding hydrogens is 388 g/mol. The first-order valence-corrected chi connectivity index (χ1v) is 9.27. The van der Waals surface area contributed by atoms with Crippen molar-refractivity contribution in [2.75, 3.05) is 46.9 Å². The number of hydrogen-bond acceptors (Lipinski definition) is 7. The molecule has 30 heavy (non-hydrogen) atoms. The van der Waals surface area contributed by atoms with Crippen molar-refractivity contribution in [2.24, 2.45) is 0 Å². The van der Waals surface area contributed by atoms with Gasteiger partial charge in [0.1, 0.15) is 11.4 Å². The van der Waals surface area contributed by atoms with Gasteiger partial charge in [0, 0.05) is 18.9 Å². The molecule has 0 spiro atoms. The smallest absolute Gasteiger partial charge is 0.278 e. The lowest BCUT2D eigenvalue weighted by atomic mass is 10.0. The van der Waals surface area contributed by atoms with Crippen LogP contribution in [0, 0.1) is 0 Å². The summed E-state index contributed by atoms with van der Waals surface area (Å²) in [6, 6.07) is 12.1. The Morgan fingerprint density at radius 3 is 2.13 bits per heavy atom. The van der Waals surface area contributed by atoms with Crippen molar-refractivity contribution in [2.45, 2.75) is 0 Å². The number of methoxy groups -OCH3 is 4. The Bertz CT molecular complexity index is 968. The summed E-state index contributed by atoms with van der Waals surface area (Å²) < 4.78 is 20.8. The Labute approximate surface area is 175 Å². The zero-order valence-electron chi connectivity index (χ0n) is 17.4. The van der Waals surface area contributed by atoms with Crippen LogP contribution in [-0.2, 0) is 14.3 Å². The van der Waals surface area contributed by atoms with Gasteiger partial charge in [-0.3, -0.25) is 14.5 Å². The molecule has 1 N–H and O–H groups in total. The summed E-state index contributed by atoms with van der Waals surface area (Å²) in [6.07, 6.45) is 0. The van der Waals surface area contributed by atoms with E-state index < -0.39 is 5.91 Å². The van der Waals surface area contributed by atoms with Gasteiger partial charge in [-0.15, -0.1) is 0 Å². The zero-order valence-corrected chi connectivity index (χ0v) is 17.4. The lowest BCUT2D eigenvalue weighted by molar-refractivity contribution is -0.137. The van der Waals surface area contributed by atoms with Crippen LogP contribution in [0.3, 0.4) is 0 Å². The van der Waals surface area contributed by atoms with E-state index in [2.05, 4.69) is 5.32 Å². The number of rotatable bonds is 9. The molecule has 0 bridgehead atoms. The molecule has 8 heteroatoms. The number of carbonyl (C=O) groups excluding carboxylic acids is 2. The number of benzene rings is 2. The minimum absolute atomic E-state index is 0.158. The van der Waals surface area contributed by atoms with Gasteiger partial charge in [-0.05, 0) is 29.8 Å². The number of nitrogens with one attached hydrogen (secondary N) is 1. The maximum atomic E-state index is 13.1. The summed E-state index contributed by atoms with van der Waals surface area (Å²) in [5, 5.41) is 3.09. The van der Waals surface area contributed by atoms with Crippen molar-refractivity contribution in [3.8, 4) is 17.2 Å². The molecule has 0 fully saturated rings. The van der Waals surface area contributed by atoms with E-state index in [-0.39, 0.29) is 30.3 Å². The third-order valence-electron chi connectivity index (χ3n) is 4.72. The van der Waals surface area contributed by atoms with Crippen molar-refractivity contribution in [1.29, 1.82) is 0 Å². The highest BCUT2D eigenvalue weighted by molar-refractivity contribution is 6.36. The fourth-order valence-corrected chi connectivity index (χ4v) is 3.16. The minimum atomic E-state index is -0.419. The second-order valence-corrected chi connectivity index (χ2v) is 6.43. The first-order valence-electron chi connectivity index (χ1n) is 9.27. The minimum Gasteiger partial charge on any atom is -0.497 e. The highest BCUT2D eigenvalue weighted by Crippen LogP contribution is 2.34. The maximum Gasteiger partial charge on any atom is 0.278 e. The molecule has 158 valence electrons. The fraction of sp³-hybridized carbons (Fsp3) is 0.273. The van der Waals surface area contributed by atoms with Gasteiger partial charge in [-0.1, -0.05) is 12.1 Å². The van der Waals surface area contributed by atoms with Crippen LogP contribution in [0.2, 0.25) is 0 Å². The van der Waals surface area contributed by atoms with Gasteiger partial charge < -0.3 is 24.3 Å². The Balaban J connectivity index is 2.03. The van der Waals surface area contributed by atoms with E-state index in [0.29, 0.717) is 28.5 Å². The van der Waals surface area contributed by atoms with Crippen molar-refractivity contribution >= 4 is 23.1 Å². The largest absolute Gasteiger partial charge is 0.497 e. The van der Waals surface area contributed by atoms with E-state index in [9.17, 15) is 9.59 Å². The summed E-state index contributed by atoms with van der Waals surface area (Å²) >= 11 is 0. The third kappa shape index (κ3) is 4.08. The molecule has 0 radical (unpaired) electrons. The molecule has 1 heterocycles. The summed E-state index contributed by atoms with van der Waals surface area (Å²) in [6.45, 7) is 0.405. The zero-order chi connectivity index (χ0) is 21.7. The van der Waals surface area contributed by atoms with E-state index in [0.717, 1.165) is 0 Å². The summed E-state index contributed by atoms with van der Waals surface area (Å²) in [4.78, 5) is 27.3. The van der Waals surface area contributed by atoms with E-state index in [4.69, 9.17) is 18.9 Å². The molecule has 0 atom stereocenters. The summed E-state index contributed by atoms with van der Waals surface area (Å²) in [5.74, 6) is 0.912. The maximum absolute atomic E-state index is 13.1. The van der Waals surface area contributed by atoms with Gasteiger partial charge in [-0.25, -0.2) is 0 Å². The lowest BCUT2D eigenvalue weighted by Gasteiger charge is -2.15. The number of carbonyl (C=O) groups is 2. The first-order chi connectivity index (χ1) is 14.5. The van der Waals surface area contributed by atoms with Gasteiger partial charge in [0.15, 0.2) is 11.5 Å². The average molecular weight is 412 g/mol. The number of nitrogens with zero attached hydrogens (tertiary/aromatic N) is 1. The van der Waals surface area contributed by atoms with Crippen molar-refractivity contribution in [1.82, 2.24) is 4.90 Å². The van der Waals surface area contributed by atoms with Crippen LogP contribution in [0.25, 0.3) is 5.57 Å². The normalized spacial score (nSPS) is 13.7. The fourth-order valence-electron chi connectivity index (χ4n) is 3.16. The van der Waals surface area contributed by atoms with E-state index in [1.54, 1.807) is 56.7 Å². The second kappa shape index (κ2) is 9.32. The predicted octanol–water partition coefficient (Wildman–Crippen LogP) is 2.55. The van der Waals surface area contributed by atoms with Gasteiger partial charge in [0.25, 0.3) is 11.8 Å². The Hall–Kier alpha value is -3.52. The summed E-state index contributed by atoms with van der Waals surface area (Å²) in [5.41, 5.74) is 1.67. The molecule has 2 aromatic rings. The second-order valence-electron chi connectivity index (χ2n) is 6.43. The molecule has 0 aliphatic carbocycles. The van der Waals surface area contributed by atoms with Crippen molar-refractivity contribution < 1.29 is 28.5 Å². The van der Waals surface area contributed by atoms with Crippen LogP contribution < -0.4 is 19.5 Å². The number of imide groups is 1. The Morgan fingerprint density at radius 2 is 1.53 bits per heavy atom. The molecule has 2 aromatic carbocycles. The van der Waals surface area contributed by atoms with Gasteiger partial charge in [-0.2, -0.15) is 0 Å². The molecular formula is C22H24N2O6. The van der Waals surface area contributed by atoms with Crippen LogP contribution in [0.5, 0.6) is 17.2 Å². The van der Waals surface area contributed by atoms with E-state index >= 15 is 0 Å². The van der Waals surface area contributed by atoms with Gasteiger partial charge in [0.2, 0.25) is 0 Å². The number of ether oxygens (including phenoxy) is 4. The van der Waals surface area contributed by atoms with Crippen molar-refractivity contribution in [3.05, 3.63) is 53.7 Å². The van der Waals surface area contributed by atoms with Crippen LogP contribution in [-0.4, -0.2) is 58.3 Å². The average Bonchev–Trinajstić information content (AvgIpc) is 3.01. The van der Waals surface area contributed by atoms with Crippen LogP contribution in [0.1, 0.15) is 5.56 Å². The standard InChI is InChI=1S/C22H24N2O6/c1-27-12-11-24-21(25)19(14-5-8-16(28-2)9-6-14)20(22(24)26)23-15-7-10-17(29-3)18(13-15)30-4/h5-10,13,23H,11-12H2,1-4H3. The molecule has 0 saturated carbocycles. The molecule has 0 unspecified atom stereocenters. The van der Waals surface area contributed by atoms with Crippen LogP contribution >= 0.6 is 0 Å². The van der Waals surface area contributed by atoms with Gasteiger partial charge in [0.05, 0.1) is 40.1 Å². The SMILES string of the molecule is COCCN1C(=O)C(Nc2ccc(OC)c(OC)c2)=C(c2ccc(OC)cc2)C1=O. The van der Waals surface area contributed by atoms with Crippen LogP contribution in [0.4, 0.5) is 5.69 Å².